The standard InChI is InChI=1S/C58H76N6O11Si/c1-6-73-44-19-22-49-39(29-44)31-47(59-24-8-10-27-65)55(69)63(49)41-16-14-38(15-17-41)35-62-51-21-18-42(64-50-23-20-45(74-7-2)30-40(50)32-48(56(64)70)60-25-9-11-28-66)33-46(51)58(57(62)71)37(3)54(76(4,5)72)52(75-58)34-53(68)61-26-12-13-43(61)36-67/h14-23,29-30,33,37,43,47-48,52,54,59-60,65-67,72H,6-13,24-28,31-32,34-36H2,1-5H3/t37-,43-,47?,48?,52+,54-,58+/m0/s1. The summed E-state index contributed by atoms with van der Waals surface area (Å²) in [7, 11) is -3.22. The van der Waals surface area contributed by atoms with Crippen molar-refractivity contribution < 1.29 is 53.5 Å². The van der Waals surface area contributed by atoms with Gasteiger partial charge in [0.1, 0.15) is 11.5 Å². The Morgan fingerprint density at radius 2 is 1.30 bits per heavy atom. The molecule has 17 nitrogen and oxygen atoms in total. The van der Waals surface area contributed by atoms with E-state index >= 15 is 4.79 Å². The van der Waals surface area contributed by atoms with E-state index in [0.29, 0.717) is 105 Å². The zero-order chi connectivity index (χ0) is 53.9. The molecule has 2 saturated heterocycles. The van der Waals surface area contributed by atoms with Crippen LogP contribution < -0.4 is 34.8 Å². The molecule has 408 valence electrons. The minimum absolute atomic E-state index is 0.0513. The maximum Gasteiger partial charge on any atom is 0.264 e. The highest BCUT2D eigenvalue weighted by molar-refractivity contribution is 6.71. The normalized spacial score (nSPS) is 24.1. The van der Waals surface area contributed by atoms with Gasteiger partial charge in [0.2, 0.25) is 17.7 Å². The Balaban J connectivity index is 1.10. The van der Waals surface area contributed by atoms with Gasteiger partial charge in [0, 0.05) is 48.2 Å². The van der Waals surface area contributed by atoms with Crippen LogP contribution in [0, 0.1) is 5.92 Å². The van der Waals surface area contributed by atoms with E-state index in [2.05, 4.69) is 10.6 Å². The first-order chi connectivity index (χ1) is 36.7. The largest absolute Gasteiger partial charge is 0.494 e. The van der Waals surface area contributed by atoms with Gasteiger partial charge in [0.25, 0.3) is 5.91 Å². The summed E-state index contributed by atoms with van der Waals surface area (Å²) in [4.78, 5) is 78.3. The van der Waals surface area contributed by atoms with Crippen molar-refractivity contribution in [2.75, 3.05) is 67.4 Å². The maximum atomic E-state index is 15.9. The Labute approximate surface area is 447 Å². The fourth-order valence-corrected chi connectivity index (χ4v) is 15.1. The molecule has 7 atom stereocenters. The number of unbranched alkanes of at least 4 members (excludes halogenated alkanes) is 2. The van der Waals surface area contributed by atoms with Gasteiger partial charge in [-0.05, 0) is 175 Å². The number of carbonyl (C=O) groups excluding carboxylic acids is 4. The number of hydrogen-bond donors (Lipinski definition) is 6. The summed E-state index contributed by atoms with van der Waals surface area (Å²) in [5, 5.41) is 35.9. The molecule has 18 heteroatoms. The van der Waals surface area contributed by atoms with Crippen LogP contribution in [-0.4, -0.2) is 134 Å². The lowest BCUT2D eigenvalue weighted by Gasteiger charge is -2.36. The molecule has 2 unspecified atom stereocenters. The number of fused-ring (bicyclic) bond motifs is 4. The van der Waals surface area contributed by atoms with Crippen molar-refractivity contribution in [3.05, 3.63) is 101 Å². The molecular formula is C58H76N6O11Si. The minimum Gasteiger partial charge on any atom is -0.494 e. The topological polar surface area (TPSA) is 214 Å². The van der Waals surface area contributed by atoms with Crippen LogP contribution in [-0.2, 0) is 48.9 Å². The summed E-state index contributed by atoms with van der Waals surface area (Å²) in [6, 6.07) is 23.2. The lowest BCUT2D eigenvalue weighted by molar-refractivity contribution is -0.150. The third-order valence-corrected chi connectivity index (χ3v) is 18.6. The highest BCUT2D eigenvalue weighted by atomic mass is 28.4. The Morgan fingerprint density at radius 1 is 0.750 bits per heavy atom. The molecule has 0 aromatic heterocycles. The molecule has 5 aliphatic heterocycles. The predicted molar refractivity (Wildman–Crippen MR) is 293 cm³/mol. The van der Waals surface area contributed by atoms with Gasteiger partial charge in [0.05, 0.1) is 74.1 Å². The van der Waals surface area contributed by atoms with Crippen LogP contribution in [0.5, 0.6) is 11.5 Å². The van der Waals surface area contributed by atoms with Crippen molar-refractivity contribution in [2.24, 2.45) is 5.92 Å². The quantitative estimate of drug-likeness (QED) is 0.0388. The van der Waals surface area contributed by atoms with Crippen LogP contribution in [0.3, 0.4) is 0 Å². The predicted octanol–water partition coefficient (Wildman–Crippen LogP) is 6.11. The van der Waals surface area contributed by atoms with Gasteiger partial charge >= 0.3 is 0 Å². The van der Waals surface area contributed by atoms with E-state index in [0.717, 1.165) is 41.0 Å². The molecule has 9 rings (SSSR count). The third-order valence-electron chi connectivity index (χ3n) is 16.1. The molecule has 1 spiro atoms. The number of ether oxygens (including phenoxy) is 3. The third kappa shape index (κ3) is 10.7. The monoisotopic (exact) mass is 1060 g/mol. The summed E-state index contributed by atoms with van der Waals surface area (Å²) in [5.41, 5.74) is 4.11. The Hall–Kier alpha value is -5.70. The van der Waals surface area contributed by atoms with E-state index in [-0.39, 0.29) is 62.5 Å². The minimum atomic E-state index is -3.22. The van der Waals surface area contributed by atoms with E-state index in [1.54, 1.807) is 19.6 Å². The molecule has 0 saturated carbocycles. The number of hydrogen-bond acceptors (Lipinski definition) is 13. The molecule has 4 aromatic carbocycles. The number of aliphatic hydroxyl groups excluding tert-OH is 3. The number of likely N-dealkylation sites (tertiary alicyclic amines) is 1. The van der Waals surface area contributed by atoms with Crippen molar-refractivity contribution in [2.45, 2.75) is 134 Å². The second kappa shape index (κ2) is 23.5. The number of carbonyl (C=O) groups is 4. The second-order valence-electron chi connectivity index (χ2n) is 21.5. The summed E-state index contributed by atoms with van der Waals surface area (Å²) >= 11 is 0. The van der Waals surface area contributed by atoms with E-state index in [9.17, 15) is 34.5 Å². The van der Waals surface area contributed by atoms with E-state index in [4.69, 9.17) is 14.2 Å². The van der Waals surface area contributed by atoms with Gasteiger partial charge in [0.15, 0.2) is 13.9 Å². The fourth-order valence-electron chi connectivity index (χ4n) is 12.6. The lowest BCUT2D eigenvalue weighted by atomic mass is 9.82. The van der Waals surface area contributed by atoms with E-state index in [1.165, 1.54) is 0 Å². The zero-order valence-corrected chi connectivity index (χ0v) is 45.6. The average molecular weight is 1060 g/mol. The van der Waals surface area contributed by atoms with Crippen molar-refractivity contribution in [3.8, 4) is 11.5 Å². The summed E-state index contributed by atoms with van der Waals surface area (Å²) in [6.07, 6.45) is 4.06. The SMILES string of the molecule is CCOc1ccc2c(c1)CC(NCCCCO)C(=O)N2c1ccc(CN2C(=O)[C@]3(O[C@H](CC(=O)N4CCC[C@H]4CO)[C@@H]([Si](C)(C)O)[C@@H]3C)c3cc(N4C(=O)C(NCCCCO)Cc5cc(OCC)ccc54)ccc32)cc1. The zero-order valence-electron chi connectivity index (χ0n) is 44.6. The van der Waals surface area contributed by atoms with Gasteiger partial charge in [-0.2, -0.15) is 0 Å². The van der Waals surface area contributed by atoms with Gasteiger partial charge in [-0.25, -0.2) is 0 Å². The first-order valence-electron chi connectivity index (χ1n) is 27.4. The molecule has 6 N–H and O–H groups in total. The van der Waals surface area contributed by atoms with Crippen molar-refractivity contribution >= 4 is 60.4 Å². The summed E-state index contributed by atoms with van der Waals surface area (Å²) < 4.78 is 19.0. The molecule has 0 radical (unpaired) electrons. The first kappa shape index (κ1) is 55.1. The Morgan fingerprint density at radius 3 is 1.84 bits per heavy atom. The van der Waals surface area contributed by atoms with Gasteiger partial charge in [-0.3, -0.25) is 29.0 Å². The van der Waals surface area contributed by atoms with E-state index < -0.39 is 43.6 Å². The molecule has 0 bridgehead atoms. The number of aliphatic hydroxyl groups is 3. The van der Waals surface area contributed by atoms with Crippen LogP contribution in [0.25, 0.3) is 0 Å². The number of nitrogens with zero attached hydrogens (tertiary/aromatic N) is 4. The molecule has 5 aliphatic rings. The number of rotatable bonds is 22. The fraction of sp³-hybridized carbons (Fsp3) is 0.517. The average Bonchev–Trinajstić information content (AvgIpc) is 4.20. The number of benzene rings is 4. The number of amides is 4. The highest BCUT2D eigenvalue weighted by Gasteiger charge is 2.67. The molecule has 76 heavy (non-hydrogen) atoms. The van der Waals surface area contributed by atoms with Crippen molar-refractivity contribution in [1.82, 2.24) is 15.5 Å². The molecule has 4 aromatic rings. The second-order valence-corrected chi connectivity index (χ2v) is 25.4. The Kier molecular flexibility index (Phi) is 17.0. The number of anilines is 5. The van der Waals surface area contributed by atoms with Crippen LogP contribution in [0.4, 0.5) is 28.4 Å². The van der Waals surface area contributed by atoms with Crippen LogP contribution >= 0.6 is 0 Å². The van der Waals surface area contributed by atoms with Gasteiger partial charge in [-0.15, -0.1) is 0 Å². The van der Waals surface area contributed by atoms with Gasteiger partial charge < -0.3 is 54.8 Å². The van der Waals surface area contributed by atoms with Crippen molar-refractivity contribution in [1.29, 1.82) is 0 Å². The molecule has 0 aliphatic carbocycles. The van der Waals surface area contributed by atoms with Crippen LogP contribution in [0.1, 0.15) is 88.0 Å². The molecule has 2 fully saturated rings. The molecule has 4 amide bonds. The van der Waals surface area contributed by atoms with Crippen LogP contribution in [0.15, 0.2) is 78.9 Å². The van der Waals surface area contributed by atoms with Gasteiger partial charge in [-0.1, -0.05) is 19.1 Å². The van der Waals surface area contributed by atoms with Crippen molar-refractivity contribution in [3.63, 3.8) is 0 Å². The number of nitrogens with one attached hydrogen (secondary N) is 2. The highest BCUT2D eigenvalue weighted by Crippen LogP contribution is 2.61. The van der Waals surface area contributed by atoms with Crippen LogP contribution in [0.2, 0.25) is 18.6 Å². The maximum absolute atomic E-state index is 15.9. The smallest absolute Gasteiger partial charge is 0.264 e. The summed E-state index contributed by atoms with van der Waals surface area (Å²) in [5.74, 6) is -0.0455. The first-order valence-corrected chi connectivity index (χ1v) is 30.4. The summed E-state index contributed by atoms with van der Waals surface area (Å²) in [6.45, 7) is 12.1. The molecular weight excluding hydrogens is 985 g/mol. The lowest BCUT2D eigenvalue weighted by Crippen LogP contribution is -2.49. The van der Waals surface area contributed by atoms with E-state index in [1.807, 2.05) is 113 Å². The molecule has 5 heterocycles. The Bertz CT molecular complexity index is 2760.